The number of esters is 1. The second-order valence-electron chi connectivity index (χ2n) is 5.89. The lowest BCUT2D eigenvalue weighted by Gasteiger charge is -2.02. The highest BCUT2D eigenvalue weighted by Crippen LogP contribution is 2.19. The third kappa shape index (κ3) is 7.40. The topological polar surface area (TPSA) is 38.7 Å². The van der Waals surface area contributed by atoms with Crippen molar-refractivity contribution in [2.24, 2.45) is 4.99 Å². The number of rotatable bonds is 9. The summed E-state index contributed by atoms with van der Waals surface area (Å²) >= 11 is 0. The van der Waals surface area contributed by atoms with E-state index in [1.165, 1.54) is 18.3 Å². The molecule has 0 unspecified atom stereocenters. The van der Waals surface area contributed by atoms with E-state index in [4.69, 9.17) is 4.74 Å². The molecule has 0 amide bonds. The van der Waals surface area contributed by atoms with Crippen LogP contribution in [0, 0.1) is 0 Å². The monoisotopic (exact) mass is 327 g/mol. The number of aliphatic imine (C=N–C) groups is 1. The fraction of sp³-hybridized carbons (Fsp3) is 0.429. The Bertz CT molecular complexity index is 612. The zero-order chi connectivity index (χ0) is 17.8. The first-order valence-electron chi connectivity index (χ1n) is 8.59. The number of ether oxygens (including phenoxy) is 1. The molecule has 1 aromatic rings. The Balaban J connectivity index is 2.46. The van der Waals surface area contributed by atoms with Gasteiger partial charge in [0, 0.05) is 6.21 Å². The normalized spacial score (nSPS) is 12.7. The van der Waals surface area contributed by atoms with Crippen LogP contribution in [0.25, 0.3) is 0 Å². The van der Waals surface area contributed by atoms with Crippen LogP contribution in [0.3, 0.4) is 0 Å². The fourth-order valence-electron chi connectivity index (χ4n) is 2.23. The van der Waals surface area contributed by atoms with E-state index in [1.54, 1.807) is 6.07 Å². The van der Waals surface area contributed by atoms with Gasteiger partial charge in [-0.3, -0.25) is 4.99 Å². The summed E-state index contributed by atoms with van der Waals surface area (Å²) in [4.78, 5) is 16.1. The number of carbonyl (C=O) groups is 1. The van der Waals surface area contributed by atoms with Gasteiger partial charge in [-0.15, -0.1) is 0 Å². The van der Waals surface area contributed by atoms with Crippen molar-refractivity contribution in [2.45, 2.75) is 52.9 Å². The first-order valence-corrected chi connectivity index (χ1v) is 8.59. The third-order valence-corrected chi connectivity index (χ3v) is 3.92. The van der Waals surface area contributed by atoms with Gasteiger partial charge >= 0.3 is 5.97 Å². The van der Waals surface area contributed by atoms with Crippen LogP contribution >= 0.6 is 0 Å². The summed E-state index contributed by atoms with van der Waals surface area (Å²) in [5.74, 6) is -0.353. The van der Waals surface area contributed by atoms with E-state index >= 15 is 0 Å². The van der Waals surface area contributed by atoms with E-state index in [-0.39, 0.29) is 5.97 Å². The average Bonchev–Trinajstić information content (AvgIpc) is 2.60. The number of hydrogen-bond acceptors (Lipinski definition) is 3. The Morgan fingerprint density at radius 1 is 1.08 bits per heavy atom. The maximum atomic E-state index is 11.7. The van der Waals surface area contributed by atoms with Gasteiger partial charge in [-0.05, 0) is 58.1 Å². The molecule has 24 heavy (non-hydrogen) atoms. The predicted octanol–water partition coefficient (Wildman–Crippen LogP) is 6.04. The SMILES string of the molecule is CC/C(C)=C/CC/C(C)=C/CC/C=N/c1ccccc1C(=O)OC. The van der Waals surface area contributed by atoms with Gasteiger partial charge in [-0.2, -0.15) is 0 Å². The van der Waals surface area contributed by atoms with E-state index in [1.807, 2.05) is 24.4 Å². The summed E-state index contributed by atoms with van der Waals surface area (Å²) in [5, 5.41) is 0. The second-order valence-corrected chi connectivity index (χ2v) is 5.89. The van der Waals surface area contributed by atoms with Gasteiger partial charge in [0.1, 0.15) is 0 Å². The summed E-state index contributed by atoms with van der Waals surface area (Å²) < 4.78 is 4.77. The highest BCUT2D eigenvalue weighted by atomic mass is 16.5. The van der Waals surface area contributed by atoms with Crippen molar-refractivity contribution in [2.75, 3.05) is 7.11 Å². The molecular formula is C21H29NO2. The highest BCUT2D eigenvalue weighted by molar-refractivity contribution is 5.95. The van der Waals surface area contributed by atoms with Crippen molar-refractivity contribution >= 4 is 17.9 Å². The van der Waals surface area contributed by atoms with Crippen molar-refractivity contribution < 1.29 is 9.53 Å². The van der Waals surface area contributed by atoms with Crippen molar-refractivity contribution in [3.05, 3.63) is 53.1 Å². The van der Waals surface area contributed by atoms with Gasteiger partial charge in [-0.25, -0.2) is 4.79 Å². The minimum atomic E-state index is -0.353. The van der Waals surface area contributed by atoms with Gasteiger partial charge in [0.05, 0.1) is 18.4 Å². The van der Waals surface area contributed by atoms with Crippen LogP contribution in [0.1, 0.15) is 63.2 Å². The Kier molecular flexibility index (Phi) is 9.44. The summed E-state index contributed by atoms with van der Waals surface area (Å²) in [5.41, 5.74) is 4.03. The summed E-state index contributed by atoms with van der Waals surface area (Å²) in [6, 6.07) is 7.24. The van der Waals surface area contributed by atoms with Gasteiger partial charge in [0.25, 0.3) is 0 Å². The summed E-state index contributed by atoms with van der Waals surface area (Å²) in [7, 11) is 1.38. The number of unbranched alkanes of at least 4 members (excludes halogenated alkanes) is 1. The first kappa shape index (κ1) is 19.9. The maximum Gasteiger partial charge on any atom is 0.340 e. The van der Waals surface area contributed by atoms with Crippen LogP contribution in [-0.2, 0) is 4.74 Å². The minimum absolute atomic E-state index is 0.353. The number of para-hydroxylation sites is 1. The Hall–Kier alpha value is -2.16. The van der Waals surface area contributed by atoms with E-state index in [0.29, 0.717) is 11.3 Å². The van der Waals surface area contributed by atoms with Crippen LogP contribution in [0.4, 0.5) is 5.69 Å². The molecule has 3 heteroatoms. The van der Waals surface area contributed by atoms with Crippen molar-refractivity contribution in [1.82, 2.24) is 0 Å². The van der Waals surface area contributed by atoms with Gasteiger partial charge in [0.15, 0.2) is 0 Å². The van der Waals surface area contributed by atoms with Crippen LogP contribution in [0.5, 0.6) is 0 Å². The molecule has 0 radical (unpaired) electrons. The Labute approximate surface area is 146 Å². The maximum absolute atomic E-state index is 11.7. The van der Waals surface area contributed by atoms with Crippen molar-refractivity contribution in [1.29, 1.82) is 0 Å². The molecule has 0 aromatic heterocycles. The van der Waals surface area contributed by atoms with E-state index in [2.05, 4.69) is 37.9 Å². The quantitative estimate of drug-likeness (QED) is 0.240. The van der Waals surface area contributed by atoms with Gasteiger partial charge in [-0.1, -0.05) is 42.4 Å². The molecule has 0 atom stereocenters. The number of hydrogen-bond donors (Lipinski definition) is 0. The molecule has 0 heterocycles. The lowest BCUT2D eigenvalue weighted by molar-refractivity contribution is 0.0601. The Morgan fingerprint density at radius 3 is 2.50 bits per heavy atom. The fourth-order valence-corrected chi connectivity index (χ4v) is 2.23. The van der Waals surface area contributed by atoms with Crippen LogP contribution in [0.15, 0.2) is 52.6 Å². The van der Waals surface area contributed by atoms with E-state index in [9.17, 15) is 4.79 Å². The van der Waals surface area contributed by atoms with E-state index < -0.39 is 0 Å². The lowest BCUT2D eigenvalue weighted by atomic mass is 10.1. The van der Waals surface area contributed by atoms with Crippen molar-refractivity contribution in [3.8, 4) is 0 Å². The smallest absolute Gasteiger partial charge is 0.340 e. The first-order chi connectivity index (χ1) is 11.6. The molecule has 1 aromatic carbocycles. The number of nitrogens with zero attached hydrogens (tertiary/aromatic N) is 1. The number of benzene rings is 1. The average molecular weight is 327 g/mol. The third-order valence-electron chi connectivity index (χ3n) is 3.92. The molecule has 3 nitrogen and oxygen atoms in total. The molecule has 0 bridgehead atoms. The number of carbonyl (C=O) groups excluding carboxylic acids is 1. The highest BCUT2D eigenvalue weighted by Gasteiger charge is 2.09. The molecule has 0 aliphatic carbocycles. The molecule has 0 fully saturated rings. The minimum Gasteiger partial charge on any atom is -0.465 e. The van der Waals surface area contributed by atoms with Crippen LogP contribution in [-0.4, -0.2) is 19.3 Å². The summed E-state index contributed by atoms with van der Waals surface area (Å²) in [6.07, 6.45) is 11.6. The molecule has 0 N–H and O–H groups in total. The molecule has 0 saturated heterocycles. The number of methoxy groups -OCH3 is 1. The van der Waals surface area contributed by atoms with Crippen molar-refractivity contribution in [3.63, 3.8) is 0 Å². The van der Waals surface area contributed by atoms with Crippen LogP contribution < -0.4 is 0 Å². The number of allylic oxidation sites excluding steroid dienone is 4. The second kappa shape index (κ2) is 11.4. The molecule has 0 aliphatic heterocycles. The zero-order valence-corrected chi connectivity index (χ0v) is 15.3. The zero-order valence-electron chi connectivity index (χ0n) is 15.3. The summed E-state index contributed by atoms with van der Waals surface area (Å²) in [6.45, 7) is 6.55. The van der Waals surface area contributed by atoms with E-state index in [0.717, 1.165) is 32.1 Å². The van der Waals surface area contributed by atoms with Gasteiger partial charge < -0.3 is 4.74 Å². The van der Waals surface area contributed by atoms with Crippen LogP contribution in [0.2, 0.25) is 0 Å². The molecule has 0 saturated carbocycles. The Morgan fingerprint density at radius 2 is 1.79 bits per heavy atom. The molecule has 0 aliphatic rings. The molecular weight excluding hydrogens is 298 g/mol. The molecule has 0 spiro atoms. The molecule has 130 valence electrons. The standard InChI is InChI=1S/C21H29NO2/c1-5-17(2)12-10-13-18(3)11-8-9-16-22-20-15-7-6-14-19(20)21(23)24-4/h6-7,11-12,14-16H,5,8-10,13H2,1-4H3/b17-12+,18-11+,22-16+. The lowest BCUT2D eigenvalue weighted by Crippen LogP contribution is -2.01. The predicted molar refractivity (Wildman–Crippen MR) is 102 cm³/mol. The van der Waals surface area contributed by atoms with Gasteiger partial charge in [0.2, 0.25) is 0 Å². The largest absolute Gasteiger partial charge is 0.465 e. The molecule has 1 rings (SSSR count).